The molecular weight excluding hydrogens is 345 g/mol. The third-order valence-electron chi connectivity index (χ3n) is 5.35. The lowest BCUT2D eigenvalue weighted by Crippen LogP contribution is -2.62. The van der Waals surface area contributed by atoms with Gasteiger partial charge in [-0.15, -0.1) is 0 Å². The first-order chi connectivity index (χ1) is 11.8. The second-order valence-electron chi connectivity index (χ2n) is 6.96. The van der Waals surface area contributed by atoms with E-state index in [1.54, 1.807) is 0 Å². The van der Waals surface area contributed by atoms with Crippen LogP contribution in [0.4, 0.5) is 4.39 Å². The van der Waals surface area contributed by atoms with Gasteiger partial charge in [0.15, 0.2) is 0 Å². The van der Waals surface area contributed by atoms with Crippen molar-refractivity contribution >= 4 is 15.9 Å². The van der Waals surface area contributed by atoms with E-state index < -0.39 is 10.0 Å². The molecule has 1 aromatic carbocycles. The lowest BCUT2D eigenvalue weighted by atomic mass is 9.87. The number of nitrogens with zero attached hydrogens (tertiary/aromatic N) is 2. The molecule has 0 radical (unpaired) electrons. The first-order valence-electron chi connectivity index (χ1n) is 8.51. The largest absolute Gasteiger partial charge is 0.356 e. The van der Waals surface area contributed by atoms with E-state index in [0.717, 1.165) is 6.42 Å². The van der Waals surface area contributed by atoms with Gasteiger partial charge in [-0.2, -0.15) is 4.31 Å². The molecule has 3 rings (SSSR count). The Hall–Kier alpha value is -1.51. The number of benzene rings is 1. The topological polar surface area (TPSA) is 69.7 Å². The minimum absolute atomic E-state index is 0.0246. The van der Waals surface area contributed by atoms with E-state index in [4.69, 9.17) is 0 Å². The van der Waals surface area contributed by atoms with Crippen LogP contribution in [-0.4, -0.2) is 62.3 Å². The van der Waals surface area contributed by atoms with Crippen LogP contribution >= 0.6 is 0 Å². The van der Waals surface area contributed by atoms with E-state index in [-0.39, 0.29) is 23.0 Å². The smallest absolute Gasteiger partial charge is 0.220 e. The van der Waals surface area contributed by atoms with Crippen LogP contribution in [0.15, 0.2) is 24.3 Å². The van der Waals surface area contributed by atoms with Gasteiger partial charge in [-0.1, -0.05) is 12.1 Å². The Labute approximate surface area is 148 Å². The minimum atomic E-state index is -3.49. The van der Waals surface area contributed by atoms with Crippen molar-refractivity contribution in [3.05, 3.63) is 35.6 Å². The molecule has 2 saturated heterocycles. The lowest BCUT2D eigenvalue weighted by Gasteiger charge is -2.48. The number of piperazine rings is 1. The van der Waals surface area contributed by atoms with Crippen molar-refractivity contribution in [1.82, 2.24) is 14.5 Å². The molecule has 6 nitrogen and oxygen atoms in total. The zero-order valence-electron chi connectivity index (χ0n) is 14.4. The number of carbonyl (C=O) groups is 1. The van der Waals surface area contributed by atoms with Gasteiger partial charge in [-0.05, 0) is 37.6 Å². The summed E-state index contributed by atoms with van der Waals surface area (Å²) in [6, 6.07) is 5.57. The Morgan fingerprint density at radius 2 is 1.92 bits per heavy atom. The van der Waals surface area contributed by atoms with E-state index >= 15 is 0 Å². The van der Waals surface area contributed by atoms with Crippen LogP contribution in [0.25, 0.3) is 0 Å². The molecule has 8 heteroatoms. The summed E-state index contributed by atoms with van der Waals surface area (Å²) in [7, 11) is -1.49. The van der Waals surface area contributed by atoms with Gasteiger partial charge in [0.05, 0.1) is 5.75 Å². The molecule has 25 heavy (non-hydrogen) atoms. The van der Waals surface area contributed by atoms with Gasteiger partial charge in [0.2, 0.25) is 15.9 Å². The SMILES string of the molecule is CN1CCN(S(=O)(=O)Cc2ccc(F)cc2)C[C@]12CCNC(=O)CC2. The number of likely N-dealkylation sites (N-methyl/N-ethyl adjacent to an activating group) is 1. The quantitative estimate of drug-likeness (QED) is 0.861. The number of nitrogens with one attached hydrogen (secondary N) is 1. The number of halogens is 1. The number of rotatable bonds is 3. The lowest BCUT2D eigenvalue weighted by molar-refractivity contribution is -0.121. The average Bonchev–Trinajstić information content (AvgIpc) is 2.75. The summed E-state index contributed by atoms with van der Waals surface area (Å²) in [6.45, 7) is 2.02. The fraction of sp³-hybridized carbons (Fsp3) is 0.588. The molecule has 1 aromatic rings. The van der Waals surface area contributed by atoms with E-state index in [1.165, 1.54) is 28.6 Å². The molecule has 0 unspecified atom stereocenters. The van der Waals surface area contributed by atoms with Crippen LogP contribution in [0.3, 0.4) is 0 Å². The Morgan fingerprint density at radius 3 is 2.64 bits per heavy atom. The average molecular weight is 369 g/mol. The van der Waals surface area contributed by atoms with Crippen molar-refractivity contribution in [2.24, 2.45) is 0 Å². The van der Waals surface area contributed by atoms with Crippen molar-refractivity contribution in [2.45, 2.75) is 30.6 Å². The van der Waals surface area contributed by atoms with E-state index in [9.17, 15) is 17.6 Å². The highest BCUT2D eigenvalue weighted by molar-refractivity contribution is 7.88. The zero-order chi connectivity index (χ0) is 18.1. The van der Waals surface area contributed by atoms with Crippen LogP contribution < -0.4 is 5.32 Å². The second-order valence-corrected chi connectivity index (χ2v) is 8.93. The monoisotopic (exact) mass is 369 g/mol. The summed E-state index contributed by atoms with van der Waals surface area (Å²) in [5, 5.41) is 2.87. The maximum atomic E-state index is 13.0. The molecule has 1 atom stereocenters. The standard InChI is InChI=1S/C17H24FN3O3S/c1-20-10-11-21(13-17(20)7-6-16(22)19-9-8-17)25(23,24)12-14-2-4-15(18)5-3-14/h2-5H,6-13H2,1H3,(H,19,22)/t17-/m0/s1. The van der Waals surface area contributed by atoms with Crippen molar-refractivity contribution in [2.75, 3.05) is 33.2 Å². The molecule has 0 aliphatic carbocycles. The van der Waals surface area contributed by atoms with Gasteiger partial charge < -0.3 is 5.32 Å². The highest BCUT2D eigenvalue weighted by Crippen LogP contribution is 2.32. The molecule has 0 aromatic heterocycles. The molecule has 0 saturated carbocycles. The van der Waals surface area contributed by atoms with Crippen molar-refractivity contribution in [3.63, 3.8) is 0 Å². The molecule has 1 N–H and O–H groups in total. The first kappa shape index (κ1) is 18.3. The zero-order valence-corrected chi connectivity index (χ0v) is 15.2. The normalized spacial score (nSPS) is 26.4. The fourth-order valence-electron chi connectivity index (χ4n) is 3.68. The predicted octanol–water partition coefficient (Wildman–Crippen LogP) is 0.942. The van der Waals surface area contributed by atoms with E-state index in [1.807, 2.05) is 7.05 Å². The predicted molar refractivity (Wildman–Crippen MR) is 92.8 cm³/mol. The van der Waals surface area contributed by atoms with Gasteiger partial charge >= 0.3 is 0 Å². The first-order valence-corrected chi connectivity index (χ1v) is 10.1. The van der Waals surface area contributed by atoms with Crippen LogP contribution in [0.2, 0.25) is 0 Å². The molecule has 1 spiro atoms. The van der Waals surface area contributed by atoms with Gasteiger partial charge in [-0.3, -0.25) is 9.69 Å². The summed E-state index contributed by atoms with van der Waals surface area (Å²) in [4.78, 5) is 13.9. The van der Waals surface area contributed by atoms with Crippen molar-refractivity contribution in [1.29, 1.82) is 0 Å². The molecule has 0 bridgehead atoms. The number of carbonyl (C=O) groups excluding carboxylic acids is 1. The molecule has 2 aliphatic heterocycles. The molecule has 2 heterocycles. The van der Waals surface area contributed by atoms with Gasteiger partial charge in [-0.25, -0.2) is 12.8 Å². The third-order valence-corrected chi connectivity index (χ3v) is 7.15. The molecule has 2 aliphatic rings. The Morgan fingerprint density at radius 1 is 1.20 bits per heavy atom. The maximum Gasteiger partial charge on any atom is 0.220 e. The highest BCUT2D eigenvalue weighted by atomic mass is 32.2. The Kier molecular flexibility index (Phi) is 5.13. The number of amides is 1. The molecule has 2 fully saturated rings. The summed E-state index contributed by atoms with van der Waals surface area (Å²) in [5.74, 6) is -0.489. The number of sulfonamides is 1. The summed E-state index contributed by atoms with van der Waals surface area (Å²) >= 11 is 0. The maximum absolute atomic E-state index is 13.0. The van der Waals surface area contributed by atoms with Gasteiger partial charge in [0.25, 0.3) is 0 Å². The van der Waals surface area contributed by atoms with E-state index in [2.05, 4.69) is 10.2 Å². The number of hydrogen-bond acceptors (Lipinski definition) is 4. The highest BCUT2D eigenvalue weighted by Gasteiger charge is 2.43. The van der Waals surface area contributed by atoms with Crippen LogP contribution in [0, 0.1) is 5.82 Å². The fourth-order valence-corrected chi connectivity index (χ4v) is 5.27. The van der Waals surface area contributed by atoms with Crippen molar-refractivity contribution < 1.29 is 17.6 Å². The summed E-state index contributed by atoms with van der Waals surface area (Å²) < 4.78 is 40.3. The third kappa shape index (κ3) is 4.02. The van der Waals surface area contributed by atoms with E-state index in [0.29, 0.717) is 44.6 Å². The molecule has 1 amide bonds. The van der Waals surface area contributed by atoms with Crippen LogP contribution in [0.1, 0.15) is 24.8 Å². The van der Waals surface area contributed by atoms with Gasteiger partial charge in [0.1, 0.15) is 5.82 Å². The minimum Gasteiger partial charge on any atom is -0.356 e. The van der Waals surface area contributed by atoms with Crippen LogP contribution in [0.5, 0.6) is 0 Å². The Bertz CT molecular complexity index is 738. The Balaban J connectivity index is 1.77. The molecule has 138 valence electrons. The molecular formula is C17H24FN3O3S. The second kappa shape index (κ2) is 7.01. The van der Waals surface area contributed by atoms with Gasteiger partial charge in [0, 0.05) is 38.1 Å². The number of hydrogen-bond donors (Lipinski definition) is 1. The van der Waals surface area contributed by atoms with Crippen molar-refractivity contribution in [3.8, 4) is 0 Å². The summed E-state index contributed by atoms with van der Waals surface area (Å²) in [5.41, 5.74) is 0.264. The summed E-state index contributed by atoms with van der Waals surface area (Å²) in [6.07, 6.45) is 1.80. The van der Waals surface area contributed by atoms with Crippen LogP contribution in [-0.2, 0) is 20.6 Å².